The van der Waals surface area contributed by atoms with Gasteiger partial charge in [0.15, 0.2) is 0 Å². The molecule has 14 heavy (non-hydrogen) atoms. The lowest BCUT2D eigenvalue weighted by molar-refractivity contribution is 0.245. The summed E-state index contributed by atoms with van der Waals surface area (Å²) in [5.74, 6) is 0. The number of thiophene rings is 1. The Hall–Kier alpha value is -0.123. The van der Waals surface area contributed by atoms with E-state index in [1.807, 2.05) is 18.4 Å². The molecule has 1 fully saturated rings. The Morgan fingerprint density at radius 1 is 1.36 bits per heavy atom. The number of rotatable bonds is 3. The first-order valence-electron chi connectivity index (χ1n) is 5.40. The fraction of sp³-hybridized carbons (Fsp3) is 0.636. The van der Waals surface area contributed by atoms with Gasteiger partial charge in [-0.05, 0) is 9.88 Å². The molecule has 78 valence electrons. The van der Waals surface area contributed by atoms with E-state index in [1.165, 1.54) is 31.4 Å². The van der Waals surface area contributed by atoms with Crippen LogP contribution in [0.15, 0.2) is 17.5 Å². The molecule has 0 spiro atoms. The van der Waals surface area contributed by atoms with Crippen molar-refractivity contribution in [3.63, 3.8) is 0 Å². The lowest BCUT2D eigenvalue weighted by Gasteiger charge is -2.33. The highest BCUT2D eigenvalue weighted by Crippen LogP contribution is 2.29. The van der Waals surface area contributed by atoms with Crippen LogP contribution in [0.4, 0.5) is 0 Å². The molecule has 0 amide bonds. The summed E-state index contributed by atoms with van der Waals surface area (Å²) >= 11 is 1.95. The Morgan fingerprint density at radius 2 is 2.14 bits per heavy atom. The first-order chi connectivity index (χ1) is 6.87. The third-order valence-electron chi connectivity index (χ3n) is 3.28. The lowest BCUT2D eigenvalue weighted by atomic mass is 10.3. The average molecular weight is 226 g/mol. The normalized spacial score (nSPS) is 20.9. The molecule has 2 rings (SSSR count). The van der Waals surface area contributed by atoms with Gasteiger partial charge in [0, 0.05) is 13.3 Å². The van der Waals surface area contributed by atoms with Gasteiger partial charge in [0.05, 0.1) is 0 Å². The molecule has 1 nitrogen and oxygen atoms in total. The second kappa shape index (κ2) is 4.60. The van der Waals surface area contributed by atoms with Crippen LogP contribution in [0.2, 0.25) is 12.1 Å². The summed E-state index contributed by atoms with van der Waals surface area (Å²) in [4.78, 5) is 0. The van der Waals surface area contributed by atoms with Crippen LogP contribution >= 0.6 is 11.3 Å². The van der Waals surface area contributed by atoms with Gasteiger partial charge < -0.3 is 4.74 Å². The number of hydrogen-bond acceptors (Lipinski definition) is 2. The Kier molecular flexibility index (Phi) is 3.41. The predicted molar refractivity (Wildman–Crippen MR) is 65.0 cm³/mol. The topological polar surface area (TPSA) is 9.23 Å². The second-order valence-electron chi connectivity index (χ2n) is 4.25. The number of hydrogen-bond donors (Lipinski definition) is 0. The monoisotopic (exact) mass is 226 g/mol. The highest BCUT2D eigenvalue weighted by molar-refractivity contribution is 7.25. The second-order valence-corrected chi connectivity index (χ2v) is 9.95. The summed E-state index contributed by atoms with van der Waals surface area (Å²) < 4.78 is 7.14. The Bertz CT molecular complexity index is 259. The highest BCUT2D eigenvalue weighted by Gasteiger charge is 2.37. The SMILES string of the molecule is COC[Si]1(c2cccs2)CCCCC1. The molecule has 0 bridgehead atoms. The van der Waals surface area contributed by atoms with Crippen LogP contribution in [-0.2, 0) is 4.74 Å². The van der Waals surface area contributed by atoms with E-state index in [1.54, 1.807) is 4.50 Å². The molecule has 0 aliphatic carbocycles. The molecule has 1 aliphatic heterocycles. The van der Waals surface area contributed by atoms with E-state index < -0.39 is 8.07 Å². The first kappa shape index (κ1) is 10.4. The molecule has 1 saturated heterocycles. The summed E-state index contributed by atoms with van der Waals surface area (Å²) in [7, 11) is 0.648. The molecule has 0 aromatic carbocycles. The number of ether oxygens (including phenoxy) is 1. The van der Waals surface area contributed by atoms with Gasteiger partial charge in [-0.1, -0.05) is 43.5 Å². The van der Waals surface area contributed by atoms with Crippen molar-refractivity contribution in [2.75, 3.05) is 13.3 Å². The van der Waals surface area contributed by atoms with Crippen molar-refractivity contribution < 1.29 is 4.74 Å². The summed E-state index contributed by atoms with van der Waals surface area (Å²) in [5.41, 5.74) is 0. The molecule has 0 radical (unpaired) electrons. The molecular formula is C11H18OSSi. The van der Waals surface area contributed by atoms with E-state index in [4.69, 9.17) is 4.74 Å². The summed E-state index contributed by atoms with van der Waals surface area (Å²) in [6.45, 7) is 0. The van der Waals surface area contributed by atoms with Crippen LogP contribution in [0.3, 0.4) is 0 Å². The van der Waals surface area contributed by atoms with E-state index in [9.17, 15) is 0 Å². The molecular weight excluding hydrogens is 208 g/mol. The molecule has 1 aliphatic rings. The molecule has 2 heterocycles. The van der Waals surface area contributed by atoms with Crippen molar-refractivity contribution in [1.29, 1.82) is 0 Å². The molecule has 3 heteroatoms. The van der Waals surface area contributed by atoms with Crippen LogP contribution in [-0.4, -0.2) is 21.4 Å². The van der Waals surface area contributed by atoms with E-state index in [0.717, 1.165) is 6.23 Å². The molecule has 0 N–H and O–H groups in total. The van der Waals surface area contributed by atoms with E-state index in [-0.39, 0.29) is 0 Å². The minimum Gasteiger partial charge on any atom is -0.388 e. The molecule has 0 atom stereocenters. The highest BCUT2D eigenvalue weighted by atomic mass is 32.1. The maximum atomic E-state index is 5.48. The minimum absolute atomic E-state index is 1.04. The van der Waals surface area contributed by atoms with Crippen molar-refractivity contribution in [3.05, 3.63) is 17.5 Å². The van der Waals surface area contributed by atoms with Crippen LogP contribution in [0.5, 0.6) is 0 Å². The van der Waals surface area contributed by atoms with Crippen molar-refractivity contribution in [2.45, 2.75) is 31.4 Å². The zero-order chi connectivity index (χ0) is 9.86. The van der Waals surface area contributed by atoms with Gasteiger partial charge in [-0.2, -0.15) is 11.3 Å². The number of methoxy groups -OCH3 is 1. The van der Waals surface area contributed by atoms with Crippen molar-refractivity contribution in [3.8, 4) is 0 Å². The van der Waals surface area contributed by atoms with E-state index >= 15 is 0 Å². The Labute approximate surface area is 91.1 Å². The van der Waals surface area contributed by atoms with Gasteiger partial charge in [0.1, 0.15) is 8.07 Å². The Balaban J connectivity index is 2.20. The van der Waals surface area contributed by atoms with Crippen molar-refractivity contribution >= 4 is 23.9 Å². The maximum absolute atomic E-state index is 5.48. The fourth-order valence-corrected chi connectivity index (χ4v) is 9.03. The van der Waals surface area contributed by atoms with Gasteiger partial charge in [0.25, 0.3) is 0 Å². The van der Waals surface area contributed by atoms with Gasteiger partial charge >= 0.3 is 0 Å². The summed E-state index contributed by atoms with van der Waals surface area (Å²) in [5, 5.41) is 2.22. The maximum Gasteiger partial charge on any atom is 0.128 e. The first-order valence-corrected chi connectivity index (χ1v) is 8.90. The zero-order valence-electron chi connectivity index (χ0n) is 8.79. The third kappa shape index (κ3) is 1.95. The smallest absolute Gasteiger partial charge is 0.128 e. The van der Waals surface area contributed by atoms with E-state index in [0.29, 0.717) is 0 Å². The summed E-state index contributed by atoms with van der Waals surface area (Å²) in [6, 6.07) is 7.42. The minimum atomic E-state index is -1.21. The molecule has 1 aromatic heterocycles. The van der Waals surface area contributed by atoms with Gasteiger partial charge in [-0.15, -0.1) is 0 Å². The predicted octanol–water partition coefficient (Wildman–Crippen LogP) is 2.77. The Morgan fingerprint density at radius 3 is 2.71 bits per heavy atom. The van der Waals surface area contributed by atoms with E-state index in [2.05, 4.69) is 17.5 Å². The average Bonchev–Trinajstić information content (AvgIpc) is 2.73. The van der Waals surface area contributed by atoms with Crippen molar-refractivity contribution in [1.82, 2.24) is 0 Å². The molecule has 0 unspecified atom stereocenters. The molecule has 0 saturated carbocycles. The van der Waals surface area contributed by atoms with Gasteiger partial charge in [0.2, 0.25) is 0 Å². The lowest BCUT2D eigenvalue weighted by Crippen LogP contribution is -2.51. The third-order valence-corrected chi connectivity index (χ3v) is 10.3. The van der Waals surface area contributed by atoms with Gasteiger partial charge in [-0.25, -0.2) is 0 Å². The fourth-order valence-electron chi connectivity index (χ4n) is 2.55. The summed E-state index contributed by atoms with van der Waals surface area (Å²) in [6.07, 6.45) is 5.32. The van der Waals surface area contributed by atoms with Crippen LogP contribution < -0.4 is 4.50 Å². The van der Waals surface area contributed by atoms with Gasteiger partial charge in [-0.3, -0.25) is 0 Å². The molecule has 1 aromatic rings. The largest absolute Gasteiger partial charge is 0.388 e. The zero-order valence-corrected chi connectivity index (χ0v) is 10.6. The van der Waals surface area contributed by atoms with Crippen LogP contribution in [0.25, 0.3) is 0 Å². The van der Waals surface area contributed by atoms with Crippen LogP contribution in [0, 0.1) is 0 Å². The van der Waals surface area contributed by atoms with Crippen molar-refractivity contribution in [2.24, 2.45) is 0 Å². The quantitative estimate of drug-likeness (QED) is 0.720. The van der Waals surface area contributed by atoms with Crippen LogP contribution in [0.1, 0.15) is 19.3 Å². The standard InChI is InChI=1S/C11H18OSSi/c1-12-10-14(8-3-2-4-9-14)11-6-5-7-13-11/h5-7H,2-4,8-10H2,1H3.